The van der Waals surface area contributed by atoms with E-state index in [1.54, 1.807) is 23.1 Å². The molecule has 27 heavy (non-hydrogen) atoms. The topological polar surface area (TPSA) is 49.8 Å². The average Bonchev–Trinajstić information content (AvgIpc) is 2.92. The molecule has 0 radical (unpaired) electrons. The zero-order valence-corrected chi connectivity index (χ0v) is 16.7. The number of amides is 1. The molecule has 1 heterocycles. The number of phenolic OH excluding ortho intramolecular Hbond substituents is 1. The molecule has 1 saturated heterocycles. The van der Waals surface area contributed by atoms with Gasteiger partial charge >= 0.3 is 0 Å². The minimum absolute atomic E-state index is 0.0852. The van der Waals surface area contributed by atoms with E-state index >= 15 is 0 Å². The summed E-state index contributed by atoms with van der Waals surface area (Å²) in [6.45, 7) is 5.66. The normalized spacial score (nSPS) is 15.5. The minimum Gasteiger partial charge on any atom is -0.504 e. The Morgan fingerprint density at radius 1 is 1.33 bits per heavy atom. The van der Waals surface area contributed by atoms with Gasteiger partial charge in [0.1, 0.15) is 0 Å². The predicted molar refractivity (Wildman–Crippen MR) is 115 cm³/mol. The van der Waals surface area contributed by atoms with Crippen molar-refractivity contribution in [1.29, 1.82) is 0 Å². The second-order valence-electron chi connectivity index (χ2n) is 6.03. The largest absolute Gasteiger partial charge is 0.504 e. The number of ether oxygens (including phenoxy) is 1. The molecule has 0 bridgehead atoms. The molecular formula is C21H19NO3S2. The highest BCUT2D eigenvalue weighted by Crippen LogP contribution is 2.39. The maximum atomic E-state index is 13.0. The van der Waals surface area contributed by atoms with Crippen molar-refractivity contribution in [2.45, 2.75) is 13.3 Å². The summed E-state index contributed by atoms with van der Waals surface area (Å²) in [5, 5.41) is 10.2. The molecular weight excluding hydrogens is 378 g/mol. The molecule has 0 aliphatic carbocycles. The Morgan fingerprint density at radius 2 is 2.07 bits per heavy atom. The number of allylic oxidation sites excluding steroid dienone is 1. The van der Waals surface area contributed by atoms with Gasteiger partial charge in [-0.3, -0.25) is 9.69 Å². The molecule has 2 aromatic rings. The van der Waals surface area contributed by atoms with Gasteiger partial charge in [0.05, 0.1) is 17.7 Å². The Bertz CT molecular complexity index is 966. The van der Waals surface area contributed by atoms with E-state index in [-0.39, 0.29) is 11.7 Å². The number of methoxy groups -OCH3 is 1. The molecule has 1 fully saturated rings. The number of aromatic hydroxyl groups is 1. The third kappa shape index (κ3) is 3.77. The first-order valence-corrected chi connectivity index (χ1v) is 9.53. The summed E-state index contributed by atoms with van der Waals surface area (Å²) in [5.41, 5.74) is 3.21. The van der Waals surface area contributed by atoms with E-state index in [4.69, 9.17) is 17.0 Å². The highest BCUT2D eigenvalue weighted by atomic mass is 32.2. The van der Waals surface area contributed by atoms with E-state index in [9.17, 15) is 9.90 Å². The van der Waals surface area contributed by atoms with Gasteiger partial charge in [-0.05, 0) is 48.7 Å². The highest BCUT2D eigenvalue weighted by molar-refractivity contribution is 8.27. The van der Waals surface area contributed by atoms with Crippen molar-refractivity contribution in [3.8, 4) is 11.5 Å². The molecule has 0 aromatic heterocycles. The molecule has 0 saturated carbocycles. The molecule has 1 aliphatic heterocycles. The molecule has 0 spiro atoms. The van der Waals surface area contributed by atoms with Gasteiger partial charge in [-0.1, -0.05) is 48.3 Å². The van der Waals surface area contributed by atoms with Crippen molar-refractivity contribution < 1.29 is 14.6 Å². The first-order valence-electron chi connectivity index (χ1n) is 8.30. The number of carbonyl (C=O) groups excluding carboxylic acids is 1. The van der Waals surface area contributed by atoms with Crippen LogP contribution in [0.4, 0.5) is 5.69 Å². The van der Waals surface area contributed by atoms with Crippen molar-refractivity contribution in [3.63, 3.8) is 0 Å². The van der Waals surface area contributed by atoms with E-state index in [1.807, 2.05) is 37.3 Å². The van der Waals surface area contributed by atoms with Crippen LogP contribution in [0.3, 0.4) is 0 Å². The fourth-order valence-electron chi connectivity index (χ4n) is 2.88. The number of benzene rings is 2. The molecule has 0 unspecified atom stereocenters. The Morgan fingerprint density at radius 3 is 2.74 bits per heavy atom. The lowest BCUT2D eigenvalue weighted by Gasteiger charge is -2.16. The summed E-state index contributed by atoms with van der Waals surface area (Å²) in [6.07, 6.45) is 3.97. The fraction of sp³-hybridized carbons (Fsp3) is 0.143. The monoisotopic (exact) mass is 397 g/mol. The van der Waals surface area contributed by atoms with Crippen molar-refractivity contribution in [3.05, 3.63) is 70.6 Å². The molecule has 1 aliphatic rings. The molecule has 2 aromatic carbocycles. The third-order valence-corrected chi connectivity index (χ3v) is 5.51. The van der Waals surface area contributed by atoms with Gasteiger partial charge in [-0.25, -0.2) is 0 Å². The number of thiocarbonyl (C=S) groups is 1. The van der Waals surface area contributed by atoms with Gasteiger partial charge in [-0.15, -0.1) is 6.58 Å². The minimum atomic E-state index is -0.156. The van der Waals surface area contributed by atoms with E-state index in [2.05, 4.69) is 6.58 Å². The number of nitrogens with zero attached hydrogens (tertiary/aromatic N) is 1. The second-order valence-corrected chi connectivity index (χ2v) is 7.70. The third-order valence-electron chi connectivity index (χ3n) is 4.21. The maximum absolute atomic E-state index is 13.0. The SMILES string of the molecule is C=CCc1cc(/C=C2\SC(=S)N(c3ccccc3C)C2=O)cc(OC)c1O. The molecule has 4 nitrogen and oxygen atoms in total. The summed E-state index contributed by atoms with van der Waals surface area (Å²) in [6, 6.07) is 11.2. The zero-order chi connectivity index (χ0) is 19.6. The van der Waals surface area contributed by atoms with Crippen molar-refractivity contribution in [1.82, 2.24) is 0 Å². The maximum Gasteiger partial charge on any atom is 0.270 e. The smallest absolute Gasteiger partial charge is 0.270 e. The van der Waals surface area contributed by atoms with Crippen LogP contribution in [0.15, 0.2) is 54.0 Å². The van der Waals surface area contributed by atoms with Crippen LogP contribution in [-0.2, 0) is 11.2 Å². The standard InChI is InChI=1S/C21H19NO3S2/c1-4-7-15-10-14(11-17(25-3)19(15)23)12-18-20(24)22(21(26)27-18)16-9-6-5-8-13(16)2/h4-6,8-12,23H,1,7H2,2-3H3/b18-12-. The second kappa shape index (κ2) is 7.98. The van der Waals surface area contributed by atoms with E-state index < -0.39 is 0 Å². The number of carbonyl (C=O) groups is 1. The number of anilines is 1. The highest BCUT2D eigenvalue weighted by Gasteiger charge is 2.34. The van der Waals surface area contributed by atoms with Crippen molar-refractivity contribution >= 4 is 46.0 Å². The number of thioether (sulfide) groups is 1. The van der Waals surface area contributed by atoms with Gasteiger partial charge in [-0.2, -0.15) is 0 Å². The van der Waals surface area contributed by atoms with Crippen LogP contribution in [0, 0.1) is 6.92 Å². The van der Waals surface area contributed by atoms with E-state index in [0.717, 1.165) is 16.8 Å². The van der Waals surface area contributed by atoms with Crippen LogP contribution in [0.1, 0.15) is 16.7 Å². The first-order chi connectivity index (χ1) is 13.0. The molecule has 138 valence electrons. The van der Waals surface area contributed by atoms with Gasteiger partial charge in [0.2, 0.25) is 0 Å². The van der Waals surface area contributed by atoms with Crippen LogP contribution in [-0.4, -0.2) is 22.4 Å². The molecule has 1 amide bonds. The van der Waals surface area contributed by atoms with Crippen LogP contribution in [0.25, 0.3) is 6.08 Å². The van der Waals surface area contributed by atoms with Gasteiger partial charge in [0.25, 0.3) is 5.91 Å². The van der Waals surface area contributed by atoms with Crippen LogP contribution in [0.5, 0.6) is 11.5 Å². The van der Waals surface area contributed by atoms with Crippen molar-refractivity contribution in [2.24, 2.45) is 0 Å². The van der Waals surface area contributed by atoms with Crippen molar-refractivity contribution in [2.75, 3.05) is 12.0 Å². The lowest BCUT2D eigenvalue weighted by Crippen LogP contribution is -2.28. The Balaban J connectivity index is 2.00. The van der Waals surface area contributed by atoms with Crippen LogP contribution < -0.4 is 9.64 Å². The Kier molecular flexibility index (Phi) is 5.68. The number of phenols is 1. The van der Waals surface area contributed by atoms with Gasteiger partial charge in [0.15, 0.2) is 15.8 Å². The number of aryl methyl sites for hydroxylation is 1. The molecule has 1 N–H and O–H groups in total. The summed E-state index contributed by atoms with van der Waals surface area (Å²) in [7, 11) is 1.49. The summed E-state index contributed by atoms with van der Waals surface area (Å²) < 4.78 is 5.75. The van der Waals surface area contributed by atoms with Crippen LogP contribution >= 0.6 is 24.0 Å². The van der Waals surface area contributed by atoms with E-state index in [1.165, 1.54) is 18.9 Å². The zero-order valence-electron chi connectivity index (χ0n) is 15.1. The van der Waals surface area contributed by atoms with Crippen LogP contribution in [0.2, 0.25) is 0 Å². The van der Waals surface area contributed by atoms with Gasteiger partial charge in [0, 0.05) is 5.56 Å². The Labute approximate surface area is 168 Å². The molecule has 6 heteroatoms. The lowest BCUT2D eigenvalue weighted by atomic mass is 10.1. The number of para-hydroxylation sites is 1. The lowest BCUT2D eigenvalue weighted by molar-refractivity contribution is -0.113. The average molecular weight is 398 g/mol. The summed E-state index contributed by atoms with van der Waals surface area (Å²) in [5.74, 6) is 0.286. The van der Waals surface area contributed by atoms with Gasteiger partial charge < -0.3 is 9.84 Å². The number of hydrogen-bond donors (Lipinski definition) is 1. The first kappa shape index (κ1) is 19.2. The quantitative estimate of drug-likeness (QED) is 0.444. The van der Waals surface area contributed by atoms with E-state index in [0.29, 0.717) is 27.0 Å². The fourth-order valence-corrected chi connectivity index (χ4v) is 4.17. The summed E-state index contributed by atoms with van der Waals surface area (Å²) in [4.78, 5) is 15.0. The summed E-state index contributed by atoms with van der Waals surface area (Å²) >= 11 is 6.70. The number of hydrogen-bond acceptors (Lipinski definition) is 5. The predicted octanol–water partition coefficient (Wildman–Crippen LogP) is 4.84. The number of rotatable bonds is 5. The molecule has 0 atom stereocenters. The Hall–Kier alpha value is -2.57. The molecule has 3 rings (SSSR count).